The summed E-state index contributed by atoms with van der Waals surface area (Å²) in [5.74, 6) is 0.149. The van der Waals surface area contributed by atoms with Crippen LogP contribution in [0.1, 0.15) is 55.3 Å². The number of hydrogen-bond acceptors (Lipinski definition) is 2. The van der Waals surface area contributed by atoms with Gasteiger partial charge in [-0.3, -0.25) is 4.79 Å². The first-order valence-corrected chi connectivity index (χ1v) is 8.04. The molecule has 0 amide bonds. The van der Waals surface area contributed by atoms with Gasteiger partial charge in [0, 0.05) is 24.6 Å². The molecule has 1 aliphatic rings. The fraction of sp³-hybridized carbons (Fsp3) is 0.588. The summed E-state index contributed by atoms with van der Waals surface area (Å²) in [5.41, 5.74) is 0.656. The molecule has 2 rings (SSSR count). The van der Waals surface area contributed by atoms with Crippen LogP contribution in [-0.2, 0) is 0 Å². The molecule has 0 heterocycles. The molecule has 1 fully saturated rings. The Morgan fingerprint density at radius 3 is 2.50 bits per heavy atom. The van der Waals surface area contributed by atoms with Gasteiger partial charge in [-0.15, -0.1) is 0 Å². The van der Waals surface area contributed by atoms with E-state index in [9.17, 15) is 4.79 Å². The Labute approximate surface area is 127 Å². The molecule has 2 nitrogen and oxygen atoms in total. The molecule has 0 spiro atoms. The predicted octanol–water partition coefficient (Wildman–Crippen LogP) is 4.57. The van der Waals surface area contributed by atoms with Crippen molar-refractivity contribution < 1.29 is 4.79 Å². The van der Waals surface area contributed by atoms with E-state index >= 15 is 0 Å². The number of carbonyl (C=O) groups excluding carboxylic acids is 1. The minimum absolute atomic E-state index is 0.149. The van der Waals surface area contributed by atoms with Crippen LogP contribution < -0.4 is 0 Å². The Morgan fingerprint density at radius 1 is 1.20 bits per heavy atom. The zero-order valence-electron chi connectivity index (χ0n) is 12.3. The minimum Gasteiger partial charge on any atom is -0.303 e. The van der Waals surface area contributed by atoms with Gasteiger partial charge in [0.25, 0.3) is 0 Å². The third-order valence-electron chi connectivity index (χ3n) is 4.31. The van der Waals surface area contributed by atoms with Gasteiger partial charge in [0.2, 0.25) is 0 Å². The number of ketones is 1. The normalized spacial score (nSPS) is 17.1. The highest BCUT2D eigenvalue weighted by Crippen LogP contribution is 2.22. The third-order valence-corrected chi connectivity index (χ3v) is 4.64. The average molecular weight is 294 g/mol. The van der Waals surface area contributed by atoms with Gasteiger partial charge in [-0.25, -0.2) is 0 Å². The van der Waals surface area contributed by atoms with E-state index in [4.69, 9.17) is 11.6 Å². The maximum atomic E-state index is 12.2. The molecule has 0 saturated heterocycles. The number of rotatable bonds is 5. The molecule has 0 bridgehead atoms. The first kappa shape index (κ1) is 15.5. The highest BCUT2D eigenvalue weighted by Gasteiger charge is 2.18. The van der Waals surface area contributed by atoms with Gasteiger partial charge >= 0.3 is 0 Å². The molecule has 1 saturated carbocycles. The van der Waals surface area contributed by atoms with Crippen LogP contribution in [0.5, 0.6) is 0 Å². The highest BCUT2D eigenvalue weighted by molar-refractivity contribution is 6.33. The molecule has 3 heteroatoms. The molecular formula is C17H24ClNO. The lowest BCUT2D eigenvalue weighted by molar-refractivity contribution is 0.0957. The molecule has 0 radical (unpaired) electrons. The summed E-state index contributed by atoms with van der Waals surface area (Å²) in [4.78, 5) is 14.6. The molecule has 0 unspecified atom stereocenters. The summed E-state index contributed by atoms with van der Waals surface area (Å²) in [6, 6.07) is 7.97. The molecule has 20 heavy (non-hydrogen) atoms. The summed E-state index contributed by atoms with van der Waals surface area (Å²) in [6.45, 7) is 0.828. The number of benzene rings is 1. The Hall–Kier alpha value is -0.860. The van der Waals surface area contributed by atoms with Crippen LogP contribution in [0.3, 0.4) is 0 Å². The van der Waals surface area contributed by atoms with Crippen LogP contribution in [-0.4, -0.2) is 30.3 Å². The average Bonchev–Trinajstić information content (AvgIpc) is 2.74. The summed E-state index contributed by atoms with van der Waals surface area (Å²) in [7, 11) is 2.15. The molecule has 1 aliphatic carbocycles. The molecule has 1 aromatic carbocycles. The van der Waals surface area contributed by atoms with E-state index in [-0.39, 0.29) is 5.78 Å². The molecule has 0 N–H and O–H groups in total. The lowest BCUT2D eigenvalue weighted by Gasteiger charge is -2.26. The zero-order chi connectivity index (χ0) is 14.4. The van der Waals surface area contributed by atoms with E-state index in [2.05, 4.69) is 11.9 Å². The highest BCUT2D eigenvalue weighted by atomic mass is 35.5. The van der Waals surface area contributed by atoms with Crippen LogP contribution in [0.2, 0.25) is 5.02 Å². The van der Waals surface area contributed by atoms with Crippen LogP contribution >= 0.6 is 11.6 Å². The first-order chi connectivity index (χ1) is 9.68. The first-order valence-electron chi connectivity index (χ1n) is 7.66. The van der Waals surface area contributed by atoms with E-state index in [1.165, 1.54) is 38.5 Å². The number of hydrogen-bond donors (Lipinski definition) is 0. The van der Waals surface area contributed by atoms with Gasteiger partial charge in [-0.1, -0.05) is 49.4 Å². The largest absolute Gasteiger partial charge is 0.303 e. The lowest BCUT2D eigenvalue weighted by Crippen LogP contribution is -2.33. The number of nitrogens with zero attached hydrogens (tertiary/aromatic N) is 1. The Kier molecular flexibility index (Phi) is 6.06. The Morgan fingerprint density at radius 2 is 1.85 bits per heavy atom. The topological polar surface area (TPSA) is 20.3 Å². The molecule has 0 aliphatic heterocycles. The van der Waals surface area contributed by atoms with E-state index in [1.807, 2.05) is 18.2 Å². The standard InChI is InChI=1S/C17H24ClNO/c1-19(14-8-4-2-3-5-9-14)13-12-17(20)15-10-6-7-11-16(15)18/h6-7,10-11,14H,2-5,8-9,12-13H2,1H3. The van der Waals surface area contributed by atoms with Crippen molar-refractivity contribution >= 4 is 17.4 Å². The maximum absolute atomic E-state index is 12.2. The Bertz CT molecular complexity index is 438. The van der Waals surface area contributed by atoms with Gasteiger partial charge in [-0.2, -0.15) is 0 Å². The smallest absolute Gasteiger partial charge is 0.165 e. The fourth-order valence-corrected chi connectivity index (χ4v) is 3.22. The number of carbonyl (C=O) groups is 1. The van der Waals surface area contributed by atoms with Crippen molar-refractivity contribution in [1.29, 1.82) is 0 Å². The SMILES string of the molecule is CN(CCC(=O)c1ccccc1Cl)C1CCCCCC1. The van der Waals surface area contributed by atoms with Gasteiger partial charge in [-0.05, 0) is 32.0 Å². The van der Waals surface area contributed by atoms with Gasteiger partial charge < -0.3 is 4.90 Å². The van der Waals surface area contributed by atoms with Gasteiger partial charge in [0.1, 0.15) is 0 Å². The van der Waals surface area contributed by atoms with Crippen LogP contribution in [0.25, 0.3) is 0 Å². The van der Waals surface area contributed by atoms with Crippen molar-refractivity contribution in [3.63, 3.8) is 0 Å². The second kappa shape index (κ2) is 7.80. The predicted molar refractivity (Wildman–Crippen MR) is 84.5 cm³/mol. The van der Waals surface area contributed by atoms with Crippen molar-refractivity contribution in [1.82, 2.24) is 4.90 Å². The molecular weight excluding hydrogens is 270 g/mol. The third kappa shape index (κ3) is 4.32. The van der Waals surface area contributed by atoms with Gasteiger partial charge in [0.15, 0.2) is 5.78 Å². The van der Waals surface area contributed by atoms with E-state index in [0.29, 0.717) is 23.0 Å². The molecule has 1 aromatic rings. The van der Waals surface area contributed by atoms with Crippen molar-refractivity contribution in [3.05, 3.63) is 34.9 Å². The Balaban J connectivity index is 1.85. The van der Waals surface area contributed by atoms with Crippen LogP contribution in [0.4, 0.5) is 0 Å². The van der Waals surface area contributed by atoms with Gasteiger partial charge in [0.05, 0.1) is 5.02 Å². The summed E-state index contributed by atoms with van der Waals surface area (Å²) < 4.78 is 0. The maximum Gasteiger partial charge on any atom is 0.165 e. The van der Waals surface area contributed by atoms with Crippen molar-refractivity contribution in [2.24, 2.45) is 0 Å². The van der Waals surface area contributed by atoms with Crippen molar-refractivity contribution in [2.45, 2.75) is 51.0 Å². The summed E-state index contributed by atoms with van der Waals surface area (Å²) in [6.07, 6.45) is 8.48. The van der Waals surface area contributed by atoms with Crippen molar-refractivity contribution in [2.75, 3.05) is 13.6 Å². The second-order valence-electron chi connectivity index (χ2n) is 5.78. The lowest BCUT2D eigenvalue weighted by atomic mass is 10.1. The number of Topliss-reactive ketones (excluding diaryl/α,β-unsaturated/α-hetero) is 1. The van der Waals surface area contributed by atoms with E-state index in [1.54, 1.807) is 6.07 Å². The molecule has 0 aromatic heterocycles. The van der Waals surface area contributed by atoms with E-state index < -0.39 is 0 Å². The summed E-state index contributed by atoms with van der Waals surface area (Å²) in [5, 5.41) is 0.564. The van der Waals surface area contributed by atoms with E-state index in [0.717, 1.165) is 6.54 Å². The van der Waals surface area contributed by atoms with Crippen molar-refractivity contribution in [3.8, 4) is 0 Å². The fourth-order valence-electron chi connectivity index (χ4n) is 2.98. The quantitative estimate of drug-likeness (QED) is 0.585. The summed E-state index contributed by atoms with van der Waals surface area (Å²) >= 11 is 6.07. The molecule has 0 atom stereocenters. The van der Waals surface area contributed by atoms with Crippen LogP contribution in [0.15, 0.2) is 24.3 Å². The second-order valence-corrected chi connectivity index (χ2v) is 6.19. The number of halogens is 1. The zero-order valence-corrected chi connectivity index (χ0v) is 13.0. The van der Waals surface area contributed by atoms with Crippen LogP contribution in [0, 0.1) is 0 Å². The monoisotopic (exact) mass is 293 g/mol. The minimum atomic E-state index is 0.149. The molecule has 110 valence electrons.